The van der Waals surface area contributed by atoms with Crippen LogP contribution in [0, 0.1) is 0 Å². The third kappa shape index (κ3) is 6.79. The Bertz CT molecular complexity index is 676. The maximum absolute atomic E-state index is 12.2. The van der Waals surface area contributed by atoms with E-state index in [1.165, 1.54) is 14.2 Å². The third-order valence-electron chi connectivity index (χ3n) is 3.45. The molecule has 0 saturated carbocycles. The summed E-state index contributed by atoms with van der Waals surface area (Å²) in [4.78, 5) is 14.2. The average molecular weight is 373 g/mol. The quantitative estimate of drug-likeness (QED) is 0.602. The van der Waals surface area contributed by atoms with Crippen molar-refractivity contribution in [3.63, 3.8) is 0 Å². The van der Waals surface area contributed by atoms with Crippen LogP contribution in [0.25, 0.3) is 0 Å². The van der Waals surface area contributed by atoms with E-state index in [1.54, 1.807) is 18.2 Å². The molecule has 0 aliphatic heterocycles. The third-order valence-corrected chi connectivity index (χ3v) is 4.57. The van der Waals surface area contributed by atoms with E-state index in [0.717, 1.165) is 23.5 Å². The highest BCUT2D eigenvalue weighted by Crippen LogP contribution is 2.33. The summed E-state index contributed by atoms with van der Waals surface area (Å²) in [6.07, 6.45) is 1.83. The van der Waals surface area contributed by atoms with Crippen molar-refractivity contribution in [3.05, 3.63) is 18.2 Å². The first-order valence-electron chi connectivity index (χ1n) is 7.80. The van der Waals surface area contributed by atoms with E-state index < -0.39 is 10.0 Å². The first-order valence-corrected chi connectivity index (χ1v) is 9.65. The van der Waals surface area contributed by atoms with Gasteiger partial charge in [0.2, 0.25) is 15.9 Å². The Hall–Kier alpha value is -2.00. The fraction of sp³-hybridized carbons (Fsp3) is 0.562. The summed E-state index contributed by atoms with van der Waals surface area (Å²) in [5.41, 5.74) is 0.286. The molecule has 1 rings (SSSR count). The van der Waals surface area contributed by atoms with E-state index in [9.17, 15) is 13.2 Å². The molecule has 0 bridgehead atoms. The standard InChI is InChI=1S/C16H27N3O5S/c1-18(2)10-6-9-17-16(20)12-19(25(5,21)22)14-8-7-13(23-3)11-15(14)24-4/h7-8,11H,6,9-10,12H2,1-5H3,(H,17,20). The fourth-order valence-electron chi connectivity index (χ4n) is 2.18. The molecule has 0 atom stereocenters. The van der Waals surface area contributed by atoms with Gasteiger partial charge in [0.25, 0.3) is 0 Å². The van der Waals surface area contributed by atoms with Crippen molar-refractivity contribution in [1.82, 2.24) is 10.2 Å². The predicted octanol–water partition coefficient (Wildman–Crippen LogP) is 0.538. The molecule has 1 amide bonds. The molecule has 0 unspecified atom stereocenters. The number of nitrogens with one attached hydrogen (secondary N) is 1. The lowest BCUT2D eigenvalue weighted by Gasteiger charge is -2.24. The molecule has 1 aromatic carbocycles. The van der Waals surface area contributed by atoms with Crippen molar-refractivity contribution < 1.29 is 22.7 Å². The maximum Gasteiger partial charge on any atom is 0.240 e. The van der Waals surface area contributed by atoms with Gasteiger partial charge in [0.1, 0.15) is 18.0 Å². The number of ether oxygens (including phenoxy) is 2. The second-order valence-corrected chi connectivity index (χ2v) is 7.72. The molecule has 0 heterocycles. The van der Waals surface area contributed by atoms with Crippen LogP contribution in [0.1, 0.15) is 6.42 Å². The number of carbonyl (C=O) groups is 1. The lowest BCUT2D eigenvalue weighted by atomic mass is 10.2. The minimum Gasteiger partial charge on any atom is -0.497 e. The van der Waals surface area contributed by atoms with E-state index in [1.807, 2.05) is 19.0 Å². The fourth-order valence-corrected chi connectivity index (χ4v) is 3.04. The van der Waals surface area contributed by atoms with Gasteiger partial charge in [-0.25, -0.2) is 8.42 Å². The van der Waals surface area contributed by atoms with Gasteiger partial charge in [0.15, 0.2) is 0 Å². The van der Waals surface area contributed by atoms with Crippen LogP contribution >= 0.6 is 0 Å². The SMILES string of the molecule is COc1ccc(N(CC(=O)NCCCN(C)C)S(C)(=O)=O)c(OC)c1. The van der Waals surface area contributed by atoms with Crippen molar-refractivity contribution >= 4 is 21.6 Å². The summed E-state index contributed by atoms with van der Waals surface area (Å²) in [6, 6.07) is 4.74. The van der Waals surface area contributed by atoms with Gasteiger partial charge in [0, 0.05) is 12.6 Å². The molecule has 0 radical (unpaired) electrons. The van der Waals surface area contributed by atoms with Crippen LogP contribution in [0.3, 0.4) is 0 Å². The van der Waals surface area contributed by atoms with Gasteiger partial charge in [-0.15, -0.1) is 0 Å². The van der Waals surface area contributed by atoms with Crippen LogP contribution in [0.4, 0.5) is 5.69 Å². The first kappa shape index (κ1) is 21.0. The molecule has 9 heteroatoms. The number of sulfonamides is 1. The smallest absolute Gasteiger partial charge is 0.240 e. The minimum absolute atomic E-state index is 0.286. The van der Waals surface area contributed by atoms with Gasteiger partial charge in [0.05, 0.1) is 26.2 Å². The number of methoxy groups -OCH3 is 2. The topological polar surface area (TPSA) is 88.2 Å². The Labute approximate surface area is 149 Å². The Morgan fingerprint density at radius 1 is 1.20 bits per heavy atom. The first-order chi connectivity index (χ1) is 11.7. The van der Waals surface area contributed by atoms with Crippen LogP contribution in [-0.4, -0.2) is 73.4 Å². The molecule has 142 valence electrons. The molecule has 8 nitrogen and oxygen atoms in total. The number of hydrogen-bond acceptors (Lipinski definition) is 6. The molecule has 0 aliphatic rings. The number of hydrogen-bond donors (Lipinski definition) is 1. The van der Waals surface area contributed by atoms with E-state index >= 15 is 0 Å². The van der Waals surface area contributed by atoms with Crippen LogP contribution < -0.4 is 19.1 Å². The van der Waals surface area contributed by atoms with E-state index in [2.05, 4.69) is 5.32 Å². The summed E-state index contributed by atoms with van der Waals surface area (Å²) < 4.78 is 35.7. The van der Waals surface area contributed by atoms with E-state index in [-0.39, 0.29) is 18.1 Å². The molecule has 1 N–H and O–H groups in total. The number of amides is 1. The van der Waals surface area contributed by atoms with Gasteiger partial charge in [-0.3, -0.25) is 9.10 Å². The van der Waals surface area contributed by atoms with Gasteiger partial charge in [-0.2, -0.15) is 0 Å². The van der Waals surface area contributed by atoms with Crippen LogP contribution in [0.15, 0.2) is 18.2 Å². The molecule has 0 aromatic heterocycles. The number of rotatable bonds is 10. The van der Waals surface area contributed by atoms with Gasteiger partial charge in [-0.05, 0) is 39.2 Å². The second-order valence-electron chi connectivity index (χ2n) is 5.81. The highest BCUT2D eigenvalue weighted by atomic mass is 32.2. The summed E-state index contributed by atoms with van der Waals surface area (Å²) >= 11 is 0. The highest BCUT2D eigenvalue weighted by molar-refractivity contribution is 7.92. The zero-order chi connectivity index (χ0) is 19.0. The molecule has 0 fully saturated rings. The number of carbonyl (C=O) groups excluding carboxylic acids is 1. The van der Waals surface area contributed by atoms with Gasteiger partial charge < -0.3 is 19.7 Å². The molecule has 0 saturated heterocycles. The summed E-state index contributed by atoms with van der Waals surface area (Å²) in [7, 11) is 3.16. The number of anilines is 1. The summed E-state index contributed by atoms with van der Waals surface area (Å²) in [6.45, 7) is 1.00. The molecule has 0 aliphatic carbocycles. The lowest BCUT2D eigenvalue weighted by Crippen LogP contribution is -2.41. The molecular formula is C16H27N3O5S. The molecule has 25 heavy (non-hydrogen) atoms. The van der Waals surface area contributed by atoms with Gasteiger partial charge >= 0.3 is 0 Å². The summed E-state index contributed by atoms with van der Waals surface area (Å²) in [5.74, 6) is 0.467. The van der Waals surface area contributed by atoms with E-state index in [0.29, 0.717) is 18.0 Å². The monoisotopic (exact) mass is 373 g/mol. The van der Waals surface area contributed by atoms with Crippen molar-refractivity contribution in [3.8, 4) is 11.5 Å². The van der Waals surface area contributed by atoms with Crippen LogP contribution in [0.5, 0.6) is 11.5 Å². The Balaban J connectivity index is 2.91. The van der Waals surface area contributed by atoms with E-state index in [4.69, 9.17) is 9.47 Å². The van der Waals surface area contributed by atoms with Crippen molar-refractivity contribution in [1.29, 1.82) is 0 Å². The zero-order valence-electron chi connectivity index (χ0n) is 15.4. The van der Waals surface area contributed by atoms with Crippen LogP contribution in [0.2, 0.25) is 0 Å². The van der Waals surface area contributed by atoms with Crippen LogP contribution in [-0.2, 0) is 14.8 Å². The maximum atomic E-state index is 12.2. The lowest BCUT2D eigenvalue weighted by molar-refractivity contribution is -0.119. The zero-order valence-corrected chi connectivity index (χ0v) is 16.2. The Kier molecular flexibility index (Phi) is 7.98. The normalized spacial score (nSPS) is 11.3. The van der Waals surface area contributed by atoms with Gasteiger partial charge in [-0.1, -0.05) is 0 Å². The Morgan fingerprint density at radius 3 is 2.40 bits per heavy atom. The molecular weight excluding hydrogens is 346 g/mol. The number of nitrogens with zero attached hydrogens (tertiary/aromatic N) is 2. The molecule has 0 spiro atoms. The second kappa shape index (κ2) is 9.47. The largest absolute Gasteiger partial charge is 0.497 e. The number of benzene rings is 1. The Morgan fingerprint density at radius 2 is 1.88 bits per heavy atom. The van der Waals surface area contributed by atoms with Crippen molar-refractivity contribution in [2.45, 2.75) is 6.42 Å². The molecule has 1 aromatic rings. The highest BCUT2D eigenvalue weighted by Gasteiger charge is 2.24. The minimum atomic E-state index is -3.67. The predicted molar refractivity (Wildman–Crippen MR) is 97.9 cm³/mol. The van der Waals surface area contributed by atoms with Crippen molar-refractivity contribution in [2.75, 3.05) is 58.5 Å². The van der Waals surface area contributed by atoms with Crippen molar-refractivity contribution in [2.24, 2.45) is 0 Å². The average Bonchev–Trinajstić information content (AvgIpc) is 2.55. The summed E-state index contributed by atoms with van der Waals surface area (Å²) in [5, 5.41) is 2.73.